The minimum atomic E-state index is -0.510. The van der Waals surface area contributed by atoms with E-state index in [1.165, 1.54) is 18.6 Å². The van der Waals surface area contributed by atoms with Crippen molar-refractivity contribution in [3.05, 3.63) is 35.8 Å². The number of rotatable bonds is 6. The Morgan fingerprint density at radius 1 is 1.11 bits per heavy atom. The third-order valence-electron chi connectivity index (χ3n) is 8.17. The molecule has 1 aromatic heterocycles. The zero-order valence-corrected chi connectivity index (χ0v) is 21.9. The molecule has 1 saturated carbocycles. The largest absolute Gasteiger partial charge is 0.344 e. The van der Waals surface area contributed by atoms with Gasteiger partial charge in [-0.25, -0.2) is 4.39 Å². The zero-order valence-electron chi connectivity index (χ0n) is 21.9. The topological polar surface area (TPSA) is 74.7 Å². The summed E-state index contributed by atoms with van der Waals surface area (Å²) in [4.78, 5) is 43.5. The van der Waals surface area contributed by atoms with Gasteiger partial charge in [-0.2, -0.15) is 0 Å². The van der Waals surface area contributed by atoms with E-state index >= 15 is 0 Å². The van der Waals surface area contributed by atoms with E-state index in [1.807, 2.05) is 32.7 Å². The maximum atomic E-state index is 13.8. The average molecular weight is 499 g/mol. The molecule has 2 aromatic rings. The van der Waals surface area contributed by atoms with Gasteiger partial charge in [-0.05, 0) is 56.4 Å². The monoisotopic (exact) mass is 498 g/mol. The molecule has 0 unspecified atom stereocenters. The highest BCUT2D eigenvalue weighted by Crippen LogP contribution is 2.29. The molecule has 0 spiro atoms. The van der Waals surface area contributed by atoms with Crippen LogP contribution < -0.4 is 5.32 Å². The highest BCUT2D eigenvalue weighted by Gasteiger charge is 2.38. The van der Waals surface area contributed by atoms with Crippen molar-refractivity contribution in [2.45, 2.75) is 71.4 Å². The predicted octanol–water partition coefficient (Wildman–Crippen LogP) is 4.10. The van der Waals surface area contributed by atoms with Gasteiger partial charge in [0.2, 0.25) is 11.8 Å². The Balaban J connectivity index is 1.48. The molecule has 7 nitrogen and oxygen atoms in total. The summed E-state index contributed by atoms with van der Waals surface area (Å²) in [6.45, 7) is 7.09. The first kappa shape index (κ1) is 26.2. The highest BCUT2D eigenvalue weighted by atomic mass is 19.1. The van der Waals surface area contributed by atoms with Crippen molar-refractivity contribution in [3.8, 4) is 0 Å². The number of carbonyl (C=O) groups is 3. The van der Waals surface area contributed by atoms with E-state index < -0.39 is 6.04 Å². The van der Waals surface area contributed by atoms with Crippen molar-refractivity contribution in [2.75, 3.05) is 19.6 Å². The fraction of sp³-hybridized carbons (Fsp3) is 0.607. The van der Waals surface area contributed by atoms with Gasteiger partial charge in [-0.15, -0.1) is 0 Å². The maximum Gasteiger partial charge on any atom is 0.270 e. The normalized spacial score (nSPS) is 20.9. The SMILES string of the molecule is CC[C@@H](C)C(=O)N[C@H](C(=O)N1CCN(C(=O)c2cc3cc(F)ccc3n2C)C[C@H]1C)C1CCCCC1. The summed E-state index contributed by atoms with van der Waals surface area (Å²) in [5.74, 6) is -0.525. The van der Waals surface area contributed by atoms with E-state index in [0.717, 1.165) is 37.6 Å². The molecule has 1 saturated heterocycles. The summed E-state index contributed by atoms with van der Waals surface area (Å²) >= 11 is 0. The molecule has 0 bridgehead atoms. The Morgan fingerprint density at radius 2 is 1.83 bits per heavy atom. The van der Waals surface area contributed by atoms with Crippen LogP contribution in [0.2, 0.25) is 0 Å². The van der Waals surface area contributed by atoms with Crippen molar-refractivity contribution in [1.82, 2.24) is 19.7 Å². The smallest absolute Gasteiger partial charge is 0.270 e. The Morgan fingerprint density at radius 3 is 2.50 bits per heavy atom. The first-order chi connectivity index (χ1) is 17.2. The molecule has 2 heterocycles. The summed E-state index contributed by atoms with van der Waals surface area (Å²) in [5, 5.41) is 3.79. The van der Waals surface area contributed by atoms with Crippen LogP contribution in [0.15, 0.2) is 24.3 Å². The van der Waals surface area contributed by atoms with Gasteiger partial charge in [-0.1, -0.05) is 33.1 Å². The number of hydrogen-bond acceptors (Lipinski definition) is 3. The summed E-state index contributed by atoms with van der Waals surface area (Å²) in [6, 6.07) is 5.56. The second kappa shape index (κ2) is 11.0. The van der Waals surface area contributed by atoms with E-state index in [1.54, 1.807) is 21.6 Å². The second-order valence-corrected chi connectivity index (χ2v) is 10.6. The van der Waals surface area contributed by atoms with Gasteiger partial charge < -0.3 is 19.7 Å². The summed E-state index contributed by atoms with van der Waals surface area (Å²) in [7, 11) is 1.81. The lowest BCUT2D eigenvalue weighted by atomic mass is 9.82. The lowest BCUT2D eigenvalue weighted by Crippen LogP contribution is -2.61. The first-order valence-corrected chi connectivity index (χ1v) is 13.4. The number of amides is 3. The molecule has 0 radical (unpaired) electrons. The third kappa shape index (κ3) is 5.27. The van der Waals surface area contributed by atoms with Crippen molar-refractivity contribution in [1.29, 1.82) is 0 Å². The summed E-state index contributed by atoms with van der Waals surface area (Å²) in [6.07, 6.45) is 5.97. The summed E-state index contributed by atoms with van der Waals surface area (Å²) < 4.78 is 15.5. The van der Waals surface area contributed by atoms with E-state index in [0.29, 0.717) is 30.7 Å². The first-order valence-electron chi connectivity index (χ1n) is 13.4. The van der Waals surface area contributed by atoms with Crippen LogP contribution in [0.3, 0.4) is 0 Å². The molecule has 2 fully saturated rings. The van der Waals surface area contributed by atoms with Crippen LogP contribution in [0.25, 0.3) is 10.9 Å². The van der Waals surface area contributed by atoms with Gasteiger partial charge in [0.25, 0.3) is 5.91 Å². The van der Waals surface area contributed by atoms with Crippen LogP contribution >= 0.6 is 0 Å². The summed E-state index contributed by atoms with van der Waals surface area (Å²) in [5.41, 5.74) is 1.30. The van der Waals surface area contributed by atoms with E-state index in [4.69, 9.17) is 0 Å². The van der Waals surface area contributed by atoms with Gasteiger partial charge in [-0.3, -0.25) is 14.4 Å². The predicted molar refractivity (Wildman–Crippen MR) is 138 cm³/mol. The highest BCUT2D eigenvalue weighted by molar-refractivity contribution is 5.99. The number of aromatic nitrogens is 1. The fourth-order valence-electron chi connectivity index (χ4n) is 5.67. The van der Waals surface area contributed by atoms with Crippen molar-refractivity contribution in [2.24, 2.45) is 18.9 Å². The lowest BCUT2D eigenvalue weighted by Gasteiger charge is -2.43. The molecular formula is C28H39FN4O3. The van der Waals surface area contributed by atoms with Crippen molar-refractivity contribution >= 4 is 28.6 Å². The Bertz CT molecular complexity index is 1120. The van der Waals surface area contributed by atoms with Crippen LogP contribution in [-0.2, 0) is 16.6 Å². The van der Waals surface area contributed by atoms with Gasteiger partial charge in [0, 0.05) is 49.5 Å². The average Bonchev–Trinajstić information content (AvgIpc) is 3.21. The Kier molecular flexibility index (Phi) is 8.00. The van der Waals surface area contributed by atoms with E-state index in [9.17, 15) is 18.8 Å². The van der Waals surface area contributed by atoms with Crippen LogP contribution in [-0.4, -0.2) is 63.8 Å². The van der Waals surface area contributed by atoms with Gasteiger partial charge in [0.05, 0.1) is 0 Å². The number of nitrogens with one attached hydrogen (secondary N) is 1. The molecule has 2 aliphatic rings. The molecule has 4 rings (SSSR count). The molecule has 196 valence electrons. The number of fused-ring (bicyclic) bond motifs is 1. The molecule has 1 N–H and O–H groups in total. The molecule has 8 heteroatoms. The minimum absolute atomic E-state index is 0.0294. The zero-order chi connectivity index (χ0) is 26.0. The van der Waals surface area contributed by atoms with Crippen LogP contribution in [0.5, 0.6) is 0 Å². The fourth-order valence-corrected chi connectivity index (χ4v) is 5.67. The molecule has 1 aliphatic carbocycles. The number of piperazine rings is 1. The van der Waals surface area contributed by atoms with Gasteiger partial charge in [0.1, 0.15) is 17.6 Å². The minimum Gasteiger partial charge on any atom is -0.344 e. The number of carbonyl (C=O) groups excluding carboxylic acids is 3. The van der Waals surface area contributed by atoms with E-state index in [-0.39, 0.29) is 41.4 Å². The maximum absolute atomic E-state index is 13.8. The lowest BCUT2D eigenvalue weighted by molar-refractivity contribution is -0.142. The molecule has 3 atom stereocenters. The van der Waals surface area contributed by atoms with Crippen LogP contribution in [0.4, 0.5) is 4.39 Å². The second-order valence-electron chi connectivity index (χ2n) is 10.6. The molecule has 1 aromatic carbocycles. The molecule has 1 aliphatic heterocycles. The van der Waals surface area contributed by atoms with Crippen LogP contribution in [0, 0.1) is 17.7 Å². The molecule has 36 heavy (non-hydrogen) atoms. The Hall–Kier alpha value is -2.90. The number of aryl methyl sites for hydroxylation is 1. The van der Waals surface area contributed by atoms with Crippen molar-refractivity contribution in [3.63, 3.8) is 0 Å². The molecular weight excluding hydrogens is 459 g/mol. The number of halogens is 1. The van der Waals surface area contributed by atoms with Crippen LogP contribution in [0.1, 0.15) is 69.8 Å². The Labute approximate surface area is 213 Å². The third-order valence-corrected chi connectivity index (χ3v) is 8.17. The van der Waals surface area contributed by atoms with E-state index in [2.05, 4.69) is 5.32 Å². The molecule has 3 amide bonds. The van der Waals surface area contributed by atoms with Crippen molar-refractivity contribution < 1.29 is 18.8 Å². The quantitative estimate of drug-likeness (QED) is 0.652. The van der Waals surface area contributed by atoms with Gasteiger partial charge in [0.15, 0.2) is 0 Å². The number of hydrogen-bond donors (Lipinski definition) is 1. The standard InChI is InChI=1S/C28H39FN4O3/c1-5-18(2)26(34)30-25(20-9-7-6-8-10-20)28(36)33-14-13-32(17-19(33)3)27(35)24-16-21-15-22(29)11-12-23(21)31(24)4/h11-12,15-16,18-20,25H,5-10,13-14,17H2,1-4H3,(H,30,34)/t18-,19-,25+/m1/s1. The number of benzene rings is 1. The van der Waals surface area contributed by atoms with Gasteiger partial charge >= 0.3 is 0 Å². The number of nitrogens with zero attached hydrogens (tertiary/aromatic N) is 3.